The second kappa shape index (κ2) is 18.6. The van der Waals surface area contributed by atoms with Crippen LogP contribution in [0.3, 0.4) is 0 Å². The SMILES string of the molecule is COc1cc(Cl)c(C(=O)N[C@@H](CCC2CCC(CC(=O)OC(C)(C)C)CC2)Cc2ccc(C#N)cc2)cc1-c1ccc(CN[C@H](C)c2ccc(C)cc2)o1. The number of halogens is 1. The molecule has 286 valence electrons. The number of ether oxygens (including phenoxy) is 2. The molecule has 0 radical (unpaired) electrons. The Labute approximate surface area is 325 Å². The van der Waals surface area contributed by atoms with E-state index < -0.39 is 5.60 Å². The smallest absolute Gasteiger partial charge is 0.306 e. The van der Waals surface area contributed by atoms with Crippen LogP contribution in [0.2, 0.25) is 5.02 Å². The molecule has 1 aliphatic rings. The molecule has 2 atom stereocenters. The fraction of sp³-hybridized carbons (Fsp3) is 0.444. The van der Waals surface area contributed by atoms with E-state index in [1.54, 1.807) is 19.2 Å². The van der Waals surface area contributed by atoms with Gasteiger partial charge in [-0.25, -0.2) is 0 Å². The Balaban J connectivity index is 1.26. The Morgan fingerprint density at radius 1 is 0.981 bits per heavy atom. The number of methoxy groups -OCH3 is 1. The van der Waals surface area contributed by atoms with Crippen LogP contribution in [0.5, 0.6) is 5.75 Å². The number of carbonyl (C=O) groups excluding carboxylic acids is 2. The number of hydrogen-bond donors (Lipinski definition) is 2. The van der Waals surface area contributed by atoms with Crippen molar-refractivity contribution >= 4 is 23.5 Å². The molecular weight excluding hydrogens is 698 g/mol. The molecular formula is C45H54ClN3O5. The zero-order chi connectivity index (χ0) is 38.8. The van der Waals surface area contributed by atoms with E-state index in [1.165, 1.54) is 11.1 Å². The highest BCUT2D eigenvalue weighted by Crippen LogP contribution is 2.37. The highest BCUT2D eigenvalue weighted by atomic mass is 35.5. The Kier molecular flexibility index (Phi) is 14.0. The van der Waals surface area contributed by atoms with Crippen molar-refractivity contribution in [2.24, 2.45) is 11.8 Å². The summed E-state index contributed by atoms with van der Waals surface area (Å²) in [5, 5.41) is 16.4. The molecule has 2 N–H and O–H groups in total. The molecule has 0 saturated heterocycles. The number of nitriles is 1. The molecule has 54 heavy (non-hydrogen) atoms. The lowest BCUT2D eigenvalue weighted by Gasteiger charge is -2.30. The van der Waals surface area contributed by atoms with Gasteiger partial charge < -0.3 is 24.5 Å². The van der Waals surface area contributed by atoms with Crippen molar-refractivity contribution in [1.82, 2.24) is 10.6 Å². The predicted molar refractivity (Wildman–Crippen MR) is 213 cm³/mol. The minimum Gasteiger partial charge on any atom is -0.496 e. The molecule has 0 unspecified atom stereocenters. The van der Waals surface area contributed by atoms with Gasteiger partial charge in [0.15, 0.2) is 0 Å². The quantitative estimate of drug-likeness (QED) is 0.116. The Morgan fingerprint density at radius 3 is 2.31 bits per heavy atom. The normalized spacial score (nSPS) is 16.9. The molecule has 1 amide bonds. The van der Waals surface area contributed by atoms with Gasteiger partial charge in [0.2, 0.25) is 0 Å². The standard InChI is InChI=1S/C45H54ClN3O5/c1-29-7-18-35(19-8-29)30(2)48-28-37-21-22-41(53-37)39-25-38(40(46)26-42(39)52-6)44(51)49-36(23-32-13-15-34(27-47)16-14-32)20-17-31-9-11-33(12-10-31)24-43(50)54-45(3,4)5/h7-8,13-16,18-19,21-22,25-26,30-31,33,36,48H,9-12,17,20,23-24,28H2,1-6H3,(H,49,51)/t30-,31?,33?,36+/m1/s1. The number of benzene rings is 3. The second-order valence-corrected chi connectivity index (χ2v) is 16.2. The average Bonchev–Trinajstić information content (AvgIpc) is 3.62. The molecule has 9 heteroatoms. The number of aryl methyl sites for hydroxylation is 1. The topological polar surface area (TPSA) is 114 Å². The molecule has 1 aromatic heterocycles. The van der Waals surface area contributed by atoms with Gasteiger partial charge in [-0.05, 0) is 120 Å². The van der Waals surface area contributed by atoms with Gasteiger partial charge in [0.1, 0.15) is 22.9 Å². The van der Waals surface area contributed by atoms with E-state index in [0.29, 0.717) is 59.4 Å². The molecule has 1 saturated carbocycles. The van der Waals surface area contributed by atoms with Crippen molar-refractivity contribution in [3.05, 3.63) is 111 Å². The molecule has 3 aromatic carbocycles. The van der Waals surface area contributed by atoms with E-state index in [0.717, 1.165) is 49.8 Å². The van der Waals surface area contributed by atoms with Crippen molar-refractivity contribution in [1.29, 1.82) is 5.26 Å². The molecule has 1 heterocycles. The largest absolute Gasteiger partial charge is 0.496 e. The van der Waals surface area contributed by atoms with Crippen LogP contribution in [0.25, 0.3) is 11.3 Å². The van der Waals surface area contributed by atoms with Crippen LogP contribution in [0.15, 0.2) is 77.2 Å². The van der Waals surface area contributed by atoms with Crippen molar-refractivity contribution < 1.29 is 23.5 Å². The monoisotopic (exact) mass is 751 g/mol. The first kappa shape index (κ1) is 40.6. The van der Waals surface area contributed by atoms with E-state index in [1.807, 2.05) is 57.2 Å². The summed E-state index contributed by atoms with van der Waals surface area (Å²) >= 11 is 6.74. The zero-order valence-corrected chi connectivity index (χ0v) is 33.2. The first-order chi connectivity index (χ1) is 25.8. The average molecular weight is 752 g/mol. The Morgan fingerprint density at radius 2 is 1.67 bits per heavy atom. The lowest BCUT2D eigenvalue weighted by molar-refractivity contribution is -0.156. The lowest BCUT2D eigenvalue weighted by atomic mass is 9.78. The molecule has 0 aliphatic heterocycles. The number of carbonyl (C=O) groups is 2. The van der Waals surface area contributed by atoms with Gasteiger partial charge in [-0.3, -0.25) is 9.59 Å². The summed E-state index contributed by atoms with van der Waals surface area (Å²) in [7, 11) is 1.57. The van der Waals surface area contributed by atoms with Crippen LogP contribution in [-0.4, -0.2) is 30.6 Å². The number of amides is 1. The van der Waals surface area contributed by atoms with Crippen LogP contribution in [0, 0.1) is 30.1 Å². The van der Waals surface area contributed by atoms with Crippen LogP contribution in [-0.2, 0) is 22.5 Å². The van der Waals surface area contributed by atoms with E-state index in [2.05, 4.69) is 54.8 Å². The minimum atomic E-state index is -0.471. The van der Waals surface area contributed by atoms with Gasteiger partial charge in [-0.1, -0.05) is 66.4 Å². The first-order valence-corrected chi connectivity index (χ1v) is 19.5. The second-order valence-electron chi connectivity index (χ2n) is 15.7. The number of nitrogens with one attached hydrogen (secondary N) is 2. The summed E-state index contributed by atoms with van der Waals surface area (Å²) in [5.41, 5.74) is 4.55. The molecule has 1 aliphatic carbocycles. The van der Waals surface area contributed by atoms with Crippen molar-refractivity contribution in [2.75, 3.05) is 7.11 Å². The van der Waals surface area contributed by atoms with Gasteiger partial charge >= 0.3 is 5.97 Å². The van der Waals surface area contributed by atoms with E-state index in [4.69, 9.17) is 25.5 Å². The number of furan rings is 1. The fourth-order valence-corrected chi connectivity index (χ4v) is 7.44. The summed E-state index contributed by atoms with van der Waals surface area (Å²) in [6, 6.07) is 25.3. The van der Waals surface area contributed by atoms with Crippen LogP contribution < -0.4 is 15.4 Å². The summed E-state index contributed by atoms with van der Waals surface area (Å²) in [6.45, 7) is 10.4. The third-order valence-electron chi connectivity index (χ3n) is 10.3. The van der Waals surface area contributed by atoms with E-state index >= 15 is 0 Å². The van der Waals surface area contributed by atoms with Gasteiger partial charge in [-0.2, -0.15) is 5.26 Å². The lowest BCUT2D eigenvalue weighted by Crippen LogP contribution is -2.37. The van der Waals surface area contributed by atoms with Crippen LogP contribution in [0.4, 0.5) is 0 Å². The molecule has 0 spiro atoms. The Hall–Kier alpha value is -4.58. The zero-order valence-electron chi connectivity index (χ0n) is 32.5. The van der Waals surface area contributed by atoms with Crippen molar-refractivity contribution in [3.63, 3.8) is 0 Å². The maximum Gasteiger partial charge on any atom is 0.306 e. The highest BCUT2D eigenvalue weighted by molar-refractivity contribution is 6.34. The number of rotatable bonds is 15. The maximum absolute atomic E-state index is 14.0. The van der Waals surface area contributed by atoms with Crippen LogP contribution in [0.1, 0.15) is 117 Å². The summed E-state index contributed by atoms with van der Waals surface area (Å²) in [4.78, 5) is 26.4. The molecule has 0 bridgehead atoms. The van der Waals surface area contributed by atoms with Crippen molar-refractivity contribution in [3.8, 4) is 23.1 Å². The third-order valence-corrected chi connectivity index (χ3v) is 10.6. The van der Waals surface area contributed by atoms with Gasteiger partial charge in [-0.15, -0.1) is 0 Å². The van der Waals surface area contributed by atoms with Crippen molar-refractivity contribution in [2.45, 2.75) is 110 Å². The number of hydrogen-bond acceptors (Lipinski definition) is 7. The van der Waals surface area contributed by atoms with Gasteiger partial charge in [0.05, 0.1) is 41.4 Å². The van der Waals surface area contributed by atoms with Gasteiger partial charge in [0, 0.05) is 24.6 Å². The van der Waals surface area contributed by atoms with Gasteiger partial charge in [0.25, 0.3) is 5.91 Å². The predicted octanol–water partition coefficient (Wildman–Crippen LogP) is 10.3. The fourth-order valence-electron chi connectivity index (χ4n) is 7.20. The molecule has 8 nitrogen and oxygen atoms in total. The molecule has 4 aromatic rings. The van der Waals surface area contributed by atoms with E-state index in [-0.39, 0.29) is 29.0 Å². The summed E-state index contributed by atoms with van der Waals surface area (Å²) in [5.74, 6) is 2.31. The highest BCUT2D eigenvalue weighted by Gasteiger charge is 2.27. The summed E-state index contributed by atoms with van der Waals surface area (Å²) in [6.07, 6.45) is 6.90. The first-order valence-electron chi connectivity index (χ1n) is 19.1. The molecule has 1 fully saturated rings. The third kappa shape index (κ3) is 11.7. The summed E-state index contributed by atoms with van der Waals surface area (Å²) < 4.78 is 17.5. The minimum absolute atomic E-state index is 0.121. The van der Waals surface area contributed by atoms with E-state index in [9.17, 15) is 14.9 Å². The molecule has 5 rings (SSSR count). The maximum atomic E-state index is 14.0. The Bertz CT molecular complexity index is 1900. The number of nitrogens with zero attached hydrogens (tertiary/aromatic N) is 1. The van der Waals surface area contributed by atoms with Crippen LogP contribution >= 0.6 is 11.6 Å². The number of esters is 1.